The topological polar surface area (TPSA) is 175 Å². The minimum absolute atomic E-state index is 0.0304. The Balaban J connectivity index is 0.805. The van der Waals surface area contributed by atoms with Crippen LogP contribution in [0.15, 0.2) is 60.9 Å². The van der Waals surface area contributed by atoms with E-state index in [1.165, 1.54) is 17.4 Å². The third-order valence-corrected chi connectivity index (χ3v) is 11.6. The molecule has 0 saturated carbocycles. The van der Waals surface area contributed by atoms with Crippen molar-refractivity contribution in [3.05, 3.63) is 100 Å². The zero-order valence-corrected chi connectivity index (χ0v) is 36.2. The second-order valence-electron chi connectivity index (χ2n) is 15.6. The van der Waals surface area contributed by atoms with Gasteiger partial charge in [0.1, 0.15) is 22.9 Å². The van der Waals surface area contributed by atoms with E-state index in [0.29, 0.717) is 66.0 Å². The number of unbranched alkanes of at least 4 members (excludes halogenated alkanes) is 1. The second kappa shape index (κ2) is 19.6. The van der Waals surface area contributed by atoms with Crippen LogP contribution in [0.25, 0.3) is 22.3 Å². The maximum Gasteiger partial charge on any atom is 0.259 e. The number of aryl methyl sites for hydroxylation is 3. The number of anilines is 4. The van der Waals surface area contributed by atoms with Crippen LogP contribution in [-0.4, -0.2) is 96.3 Å². The number of carbonyl (C=O) groups is 3. The molecule has 0 bridgehead atoms. The Hall–Kier alpha value is -6.24. The van der Waals surface area contributed by atoms with Gasteiger partial charge in [0.2, 0.25) is 17.8 Å². The first-order chi connectivity index (χ1) is 29.8. The van der Waals surface area contributed by atoms with Gasteiger partial charge in [-0.2, -0.15) is 0 Å². The Kier molecular flexibility index (Phi) is 13.9. The molecule has 0 unspecified atom stereocenters. The molecule has 62 heavy (non-hydrogen) atoms. The maximum absolute atomic E-state index is 15.1. The number of aromatic nitrogens is 6. The summed E-state index contributed by atoms with van der Waals surface area (Å²) in [5.41, 5.74) is 3.69. The lowest BCUT2D eigenvalue weighted by Crippen LogP contribution is -2.49. The molecule has 0 atom stereocenters. The number of pyridine rings is 1. The van der Waals surface area contributed by atoms with Crippen molar-refractivity contribution < 1.29 is 23.2 Å². The van der Waals surface area contributed by atoms with Crippen molar-refractivity contribution >= 4 is 62.7 Å². The van der Waals surface area contributed by atoms with Crippen LogP contribution in [0, 0.1) is 32.4 Å². The summed E-state index contributed by atoms with van der Waals surface area (Å²) in [6.45, 7) is 14.1. The number of halogens is 2. The number of piperazine rings is 1. The Morgan fingerprint density at radius 1 is 0.839 bits per heavy atom. The van der Waals surface area contributed by atoms with Gasteiger partial charge in [-0.25, -0.2) is 33.7 Å². The highest BCUT2D eigenvalue weighted by atomic mass is 32.1. The monoisotopic (exact) mass is 864 g/mol. The van der Waals surface area contributed by atoms with Crippen LogP contribution in [0.2, 0.25) is 0 Å². The third kappa shape index (κ3) is 10.8. The molecule has 3 amide bonds. The number of hydrogen-bond acceptors (Lipinski definition) is 12. The summed E-state index contributed by atoms with van der Waals surface area (Å²) in [5, 5.41) is 12.2. The smallest absolute Gasteiger partial charge is 0.259 e. The van der Waals surface area contributed by atoms with Crippen LogP contribution in [0.4, 0.5) is 31.4 Å². The number of fused-ring (bicyclic) bond motifs is 1. The number of imidazole rings is 1. The normalized spacial score (nSPS) is 13.4. The Labute approximate surface area is 362 Å². The van der Waals surface area contributed by atoms with Gasteiger partial charge >= 0.3 is 0 Å². The summed E-state index contributed by atoms with van der Waals surface area (Å²) in [4.78, 5) is 65.5. The van der Waals surface area contributed by atoms with Gasteiger partial charge < -0.3 is 20.5 Å². The van der Waals surface area contributed by atoms with Gasteiger partial charge in [-0.15, -0.1) is 11.3 Å². The average Bonchev–Trinajstić information content (AvgIpc) is 3.76. The minimum atomic E-state index is -0.679. The van der Waals surface area contributed by atoms with Gasteiger partial charge in [0.25, 0.3) is 5.91 Å². The highest BCUT2D eigenvalue weighted by Crippen LogP contribution is 2.31. The summed E-state index contributed by atoms with van der Waals surface area (Å²) in [6, 6.07) is 13.6. The molecule has 1 aliphatic heterocycles. The predicted octanol–water partition coefficient (Wildman–Crippen LogP) is 7.17. The molecule has 6 aromatic rings. The Morgan fingerprint density at radius 2 is 1.61 bits per heavy atom. The van der Waals surface area contributed by atoms with Gasteiger partial charge in [0.05, 0.1) is 35.2 Å². The summed E-state index contributed by atoms with van der Waals surface area (Å²) < 4.78 is 32.0. The average molecular weight is 865 g/mol. The van der Waals surface area contributed by atoms with Crippen LogP contribution in [-0.2, 0) is 16.1 Å². The molecular formula is C44H50F2N12O3S. The molecule has 0 spiro atoms. The van der Waals surface area contributed by atoms with Crippen LogP contribution in [0.5, 0.6) is 0 Å². The fourth-order valence-corrected chi connectivity index (χ4v) is 8.16. The van der Waals surface area contributed by atoms with Gasteiger partial charge in [-0.05, 0) is 83.4 Å². The maximum atomic E-state index is 15.1. The molecule has 1 saturated heterocycles. The number of nitrogens with zero attached hydrogens (tertiary/aromatic N) is 8. The number of para-hydroxylation sites is 1. The summed E-state index contributed by atoms with van der Waals surface area (Å²) >= 11 is 1.40. The Bertz CT molecular complexity index is 2550. The first kappa shape index (κ1) is 43.8. The summed E-state index contributed by atoms with van der Waals surface area (Å²) in [5.74, 6) is -0.572. The molecule has 15 nitrogen and oxygen atoms in total. The first-order valence-corrected chi connectivity index (χ1v) is 21.4. The van der Waals surface area contributed by atoms with Crippen molar-refractivity contribution in [3.63, 3.8) is 0 Å². The molecule has 5 heterocycles. The van der Waals surface area contributed by atoms with Crippen molar-refractivity contribution in [2.45, 2.75) is 66.5 Å². The number of benzene rings is 2. The molecule has 1 fully saturated rings. The third-order valence-electron chi connectivity index (χ3n) is 10.6. The molecule has 0 radical (unpaired) electrons. The quantitative estimate of drug-likeness (QED) is 0.0727. The zero-order chi connectivity index (χ0) is 43.9. The van der Waals surface area contributed by atoms with E-state index in [4.69, 9.17) is 0 Å². The second-order valence-corrected chi connectivity index (χ2v) is 16.8. The van der Waals surface area contributed by atoms with Crippen molar-refractivity contribution in [2.75, 3.05) is 55.2 Å². The standard InChI is InChI=1S/C44H50F2N12O3S/c1-26(2)58-29(5)51-41-33(45)20-31(21-36(41)58)40-34(46)23-49-43(54-40)53-37-14-13-30(22-48-37)24-56-16-18-57(19-17-56)25-39(60)47-15-9-8-12-38(59)52-35-11-7-6-10-32(35)42(61)55-44-50-27(3)28(4)62-44/h6-7,10-11,13-14,20-23,26H,8-9,12,15-19,24-25H2,1-5H3,(H,47,60)(H,52,59)(H,50,55,61)(H,48,49,53,54). The van der Waals surface area contributed by atoms with E-state index >= 15 is 8.78 Å². The number of amides is 3. The van der Waals surface area contributed by atoms with Crippen molar-refractivity contribution in [2.24, 2.45) is 0 Å². The van der Waals surface area contributed by atoms with E-state index in [2.05, 4.69) is 56.0 Å². The van der Waals surface area contributed by atoms with Crippen LogP contribution < -0.4 is 21.3 Å². The number of rotatable bonds is 16. The fourth-order valence-electron chi connectivity index (χ4n) is 7.35. The van der Waals surface area contributed by atoms with E-state index in [0.717, 1.165) is 48.5 Å². The molecule has 4 aromatic heterocycles. The van der Waals surface area contributed by atoms with Gasteiger partial charge in [0, 0.05) is 68.4 Å². The molecule has 0 aliphatic carbocycles. The molecule has 18 heteroatoms. The number of hydrogen-bond donors (Lipinski definition) is 4. The molecule has 2 aromatic carbocycles. The highest BCUT2D eigenvalue weighted by molar-refractivity contribution is 7.15. The van der Waals surface area contributed by atoms with Gasteiger partial charge in [-0.1, -0.05) is 18.2 Å². The largest absolute Gasteiger partial charge is 0.355 e. The lowest BCUT2D eigenvalue weighted by molar-refractivity contribution is -0.122. The van der Waals surface area contributed by atoms with E-state index in [1.54, 1.807) is 42.6 Å². The predicted molar refractivity (Wildman–Crippen MR) is 237 cm³/mol. The number of carbonyl (C=O) groups excluding carboxylic acids is 3. The van der Waals surface area contributed by atoms with Crippen molar-refractivity contribution in [3.8, 4) is 11.3 Å². The molecule has 324 valence electrons. The van der Waals surface area contributed by atoms with E-state index in [-0.39, 0.29) is 52.9 Å². The Morgan fingerprint density at radius 3 is 2.34 bits per heavy atom. The molecule has 1 aliphatic rings. The van der Waals surface area contributed by atoms with Crippen LogP contribution in [0.3, 0.4) is 0 Å². The summed E-state index contributed by atoms with van der Waals surface area (Å²) in [6.07, 6.45) is 4.29. The summed E-state index contributed by atoms with van der Waals surface area (Å²) in [7, 11) is 0. The van der Waals surface area contributed by atoms with Gasteiger partial charge in [-0.3, -0.25) is 29.5 Å². The lowest BCUT2D eigenvalue weighted by Gasteiger charge is -2.34. The van der Waals surface area contributed by atoms with E-state index in [9.17, 15) is 14.4 Å². The first-order valence-electron chi connectivity index (χ1n) is 20.6. The fraction of sp³-hybridized carbons (Fsp3) is 0.364. The van der Waals surface area contributed by atoms with Gasteiger partial charge in [0.15, 0.2) is 16.8 Å². The molecule has 7 rings (SSSR count). The van der Waals surface area contributed by atoms with Crippen LogP contribution >= 0.6 is 11.3 Å². The van der Waals surface area contributed by atoms with E-state index in [1.807, 2.05) is 45.3 Å². The number of nitrogens with one attached hydrogen (secondary N) is 4. The van der Waals surface area contributed by atoms with Crippen LogP contribution in [0.1, 0.15) is 71.5 Å². The molecule has 4 N–H and O–H groups in total. The lowest BCUT2D eigenvalue weighted by atomic mass is 10.1. The number of thiazole rings is 1. The van der Waals surface area contributed by atoms with E-state index < -0.39 is 11.6 Å². The zero-order valence-electron chi connectivity index (χ0n) is 35.4. The minimum Gasteiger partial charge on any atom is -0.355 e. The highest BCUT2D eigenvalue weighted by Gasteiger charge is 2.21. The van der Waals surface area contributed by atoms with Crippen molar-refractivity contribution in [1.82, 2.24) is 44.6 Å². The molecular weight excluding hydrogens is 815 g/mol. The van der Waals surface area contributed by atoms with Crippen molar-refractivity contribution in [1.29, 1.82) is 0 Å². The SMILES string of the molecule is Cc1nc(NC(=O)c2ccccc2NC(=O)CCCCNC(=O)CN2CCN(Cc3ccc(Nc4ncc(F)c(-c5cc(F)c6nc(C)n(C(C)C)c6c5)n4)nc3)CC2)sc1C.